The van der Waals surface area contributed by atoms with Gasteiger partial charge < -0.3 is 10.0 Å². The van der Waals surface area contributed by atoms with Crippen molar-refractivity contribution in [2.24, 2.45) is 5.92 Å². The fraction of sp³-hybridized carbons (Fsp3) is 0.385. The Bertz CT molecular complexity index is 428. The summed E-state index contributed by atoms with van der Waals surface area (Å²) in [6, 6.07) is 7.11. The normalized spacial score (nSPS) is 10.4. The lowest BCUT2D eigenvalue weighted by Crippen LogP contribution is -2.38. The lowest BCUT2D eigenvalue weighted by Gasteiger charge is -2.22. The van der Waals surface area contributed by atoms with Crippen LogP contribution in [0.4, 0.5) is 0 Å². The molecular formula is C13H16INO3. The maximum atomic E-state index is 12.2. The Morgan fingerprint density at radius 1 is 1.28 bits per heavy atom. The Morgan fingerprint density at radius 2 is 1.83 bits per heavy atom. The quantitative estimate of drug-likeness (QED) is 0.820. The van der Waals surface area contributed by atoms with Crippen LogP contribution >= 0.6 is 22.6 Å². The molecule has 0 fully saturated rings. The Hall–Kier alpha value is -1.11. The number of carboxylic acid groups (broad SMARTS) is 1. The average molecular weight is 361 g/mol. The van der Waals surface area contributed by atoms with Crippen LogP contribution in [0.2, 0.25) is 0 Å². The zero-order chi connectivity index (χ0) is 13.7. The van der Waals surface area contributed by atoms with Gasteiger partial charge in [-0.3, -0.25) is 9.59 Å². The van der Waals surface area contributed by atoms with Crippen LogP contribution in [0.25, 0.3) is 0 Å². The van der Waals surface area contributed by atoms with E-state index in [1.807, 2.05) is 26.0 Å². The van der Waals surface area contributed by atoms with Crippen molar-refractivity contribution in [3.63, 3.8) is 0 Å². The third kappa shape index (κ3) is 4.64. The fourth-order valence-corrected chi connectivity index (χ4v) is 1.96. The van der Waals surface area contributed by atoms with E-state index in [0.717, 1.165) is 3.57 Å². The van der Waals surface area contributed by atoms with E-state index in [4.69, 9.17) is 5.11 Å². The second kappa shape index (κ2) is 6.72. The molecule has 0 unspecified atom stereocenters. The molecule has 0 bridgehead atoms. The van der Waals surface area contributed by atoms with Gasteiger partial charge in [0.25, 0.3) is 5.91 Å². The van der Waals surface area contributed by atoms with E-state index in [1.54, 1.807) is 12.1 Å². The van der Waals surface area contributed by atoms with E-state index in [9.17, 15) is 9.59 Å². The highest BCUT2D eigenvalue weighted by Gasteiger charge is 2.19. The number of halogens is 1. The van der Waals surface area contributed by atoms with Crippen LogP contribution in [-0.2, 0) is 4.79 Å². The highest BCUT2D eigenvalue weighted by molar-refractivity contribution is 14.1. The zero-order valence-corrected chi connectivity index (χ0v) is 12.5. The highest BCUT2D eigenvalue weighted by Crippen LogP contribution is 2.11. The van der Waals surface area contributed by atoms with Gasteiger partial charge in [-0.2, -0.15) is 0 Å². The van der Waals surface area contributed by atoms with Crippen molar-refractivity contribution in [3.8, 4) is 0 Å². The van der Waals surface area contributed by atoms with E-state index >= 15 is 0 Å². The summed E-state index contributed by atoms with van der Waals surface area (Å²) in [5.41, 5.74) is 0.525. The average Bonchev–Trinajstić information content (AvgIpc) is 2.27. The number of carboxylic acids is 1. The van der Waals surface area contributed by atoms with E-state index in [1.165, 1.54) is 4.90 Å². The molecule has 1 aromatic carbocycles. The summed E-state index contributed by atoms with van der Waals surface area (Å²) in [6.45, 7) is 4.09. The van der Waals surface area contributed by atoms with Crippen LogP contribution in [0.1, 0.15) is 24.2 Å². The molecule has 0 aromatic heterocycles. The SMILES string of the molecule is CC(C)CN(CC(=O)O)C(=O)c1ccc(I)cc1. The summed E-state index contributed by atoms with van der Waals surface area (Å²) in [4.78, 5) is 24.3. The Balaban J connectivity index is 2.87. The first-order valence-electron chi connectivity index (χ1n) is 5.66. The lowest BCUT2D eigenvalue weighted by molar-refractivity contribution is -0.137. The minimum atomic E-state index is -0.991. The molecule has 4 nitrogen and oxygen atoms in total. The molecule has 0 saturated carbocycles. The summed E-state index contributed by atoms with van der Waals surface area (Å²) in [6.07, 6.45) is 0. The summed E-state index contributed by atoms with van der Waals surface area (Å²) in [5, 5.41) is 8.84. The second-order valence-corrected chi connectivity index (χ2v) is 5.73. The topological polar surface area (TPSA) is 57.6 Å². The van der Waals surface area contributed by atoms with Crippen LogP contribution in [-0.4, -0.2) is 35.0 Å². The number of carbonyl (C=O) groups is 2. The molecule has 0 atom stereocenters. The minimum absolute atomic E-state index is 0.233. The van der Waals surface area contributed by atoms with Gasteiger partial charge >= 0.3 is 5.97 Å². The van der Waals surface area contributed by atoms with Crippen LogP contribution in [0, 0.1) is 9.49 Å². The number of amides is 1. The number of carbonyl (C=O) groups excluding carboxylic acids is 1. The molecule has 0 saturated heterocycles. The molecule has 0 heterocycles. The van der Waals surface area contributed by atoms with Gasteiger partial charge in [-0.15, -0.1) is 0 Å². The smallest absolute Gasteiger partial charge is 0.323 e. The van der Waals surface area contributed by atoms with Crippen molar-refractivity contribution in [2.45, 2.75) is 13.8 Å². The molecule has 5 heteroatoms. The van der Waals surface area contributed by atoms with Crippen molar-refractivity contribution in [3.05, 3.63) is 33.4 Å². The van der Waals surface area contributed by atoms with Gasteiger partial charge in [-0.1, -0.05) is 13.8 Å². The van der Waals surface area contributed by atoms with Crippen LogP contribution in [0.5, 0.6) is 0 Å². The molecule has 0 aliphatic rings. The van der Waals surface area contributed by atoms with E-state index in [0.29, 0.717) is 12.1 Å². The van der Waals surface area contributed by atoms with E-state index < -0.39 is 5.97 Å². The summed E-state index contributed by atoms with van der Waals surface area (Å²) < 4.78 is 1.04. The van der Waals surface area contributed by atoms with Crippen molar-refractivity contribution in [1.29, 1.82) is 0 Å². The predicted octanol–water partition coefficient (Wildman–Crippen LogP) is 2.47. The number of aliphatic carboxylic acids is 1. The van der Waals surface area contributed by atoms with Gasteiger partial charge in [0.1, 0.15) is 6.54 Å². The largest absolute Gasteiger partial charge is 0.480 e. The predicted molar refractivity (Wildman–Crippen MR) is 77.5 cm³/mol. The minimum Gasteiger partial charge on any atom is -0.480 e. The van der Waals surface area contributed by atoms with Gasteiger partial charge in [0.2, 0.25) is 0 Å². The maximum Gasteiger partial charge on any atom is 0.323 e. The molecule has 1 amide bonds. The summed E-state index contributed by atoms with van der Waals surface area (Å²) >= 11 is 2.16. The van der Waals surface area contributed by atoms with Gasteiger partial charge in [-0.25, -0.2) is 0 Å². The lowest BCUT2D eigenvalue weighted by atomic mass is 10.1. The molecule has 98 valence electrons. The Kier molecular flexibility index (Phi) is 5.58. The number of hydrogen-bond acceptors (Lipinski definition) is 2. The van der Waals surface area contributed by atoms with Crippen molar-refractivity contribution in [2.75, 3.05) is 13.1 Å². The van der Waals surface area contributed by atoms with Gasteiger partial charge in [0.15, 0.2) is 0 Å². The number of hydrogen-bond donors (Lipinski definition) is 1. The molecule has 0 aliphatic heterocycles. The Morgan fingerprint density at radius 3 is 2.28 bits per heavy atom. The summed E-state index contributed by atoms with van der Waals surface area (Å²) in [5.74, 6) is -0.992. The van der Waals surface area contributed by atoms with Crippen LogP contribution < -0.4 is 0 Å². The second-order valence-electron chi connectivity index (χ2n) is 4.48. The molecule has 0 spiro atoms. The van der Waals surface area contributed by atoms with Crippen molar-refractivity contribution < 1.29 is 14.7 Å². The van der Waals surface area contributed by atoms with Crippen molar-refractivity contribution in [1.82, 2.24) is 4.90 Å². The van der Waals surface area contributed by atoms with E-state index in [-0.39, 0.29) is 18.4 Å². The monoisotopic (exact) mass is 361 g/mol. The zero-order valence-electron chi connectivity index (χ0n) is 10.4. The van der Waals surface area contributed by atoms with Gasteiger partial charge in [0, 0.05) is 15.7 Å². The van der Waals surface area contributed by atoms with Gasteiger partial charge in [-0.05, 0) is 52.8 Å². The molecule has 0 radical (unpaired) electrons. The first-order chi connectivity index (χ1) is 8.40. The third-order valence-corrected chi connectivity index (χ3v) is 3.01. The molecular weight excluding hydrogens is 345 g/mol. The Labute approximate surface area is 120 Å². The first-order valence-corrected chi connectivity index (χ1v) is 6.74. The standard InChI is InChI=1S/C13H16INO3/c1-9(2)7-15(8-12(16)17)13(18)10-3-5-11(14)6-4-10/h3-6,9H,7-8H2,1-2H3,(H,16,17). The summed E-state index contributed by atoms with van der Waals surface area (Å²) in [7, 11) is 0. The fourth-order valence-electron chi connectivity index (χ4n) is 1.60. The third-order valence-electron chi connectivity index (χ3n) is 2.29. The maximum absolute atomic E-state index is 12.2. The van der Waals surface area contributed by atoms with Crippen LogP contribution in [0.15, 0.2) is 24.3 Å². The number of benzene rings is 1. The molecule has 0 aliphatic carbocycles. The number of rotatable bonds is 5. The van der Waals surface area contributed by atoms with Gasteiger partial charge in [0.05, 0.1) is 0 Å². The molecule has 1 aromatic rings. The van der Waals surface area contributed by atoms with Crippen molar-refractivity contribution >= 4 is 34.5 Å². The highest BCUT2D eigenvalue weighted by atomic mass is 127. The molecule has 1 rings (SSSR count). The van der Waals surface area contributed by atoms with E-state index in [2.05, 4.69) is 22.6 Å². The molecule has 1 N–H and O–H groups in total. The number of nitrogens with zero attached hydrogens (tertiary/aromatic N) is 1. The van der Waals surface area contributed by atoms with Crippen LogP contribution in [0.3, 0.4) is 0 Å². The molecule has 18 heavy (non-hydrogen) atoms. The first kappa shape index (κ1) is 14.9.